The molecule has 0 aliphatic heterocycles. The molecule has 10 heavy (non-hydrogen) atoms. The first kappa shape index (κ1) is 10.2. The van der Waals surface area contributed by atoms with Crippen molar-refractivity contribution in [3.05, 3.63) is 0 Å². The predicted molar refractivity (Wildman–Crippen MR) is 44.3 cm³/mol. The van der Waals surface area contributed by atoms with Gasteiger partial charge in [-0.2, -0.15) is 0 Å². The second-order valence-corrected chi connectivity index (χ2v) is 3.35. The molecule has 1 fully saturated rings. The smallest absolute Gasteiger partial charge is 0.0634 e. The standard InChI is InChI=1S/C7H15NO.ClH/c1-7(9)4-2-3-6(8)5-7;/h6,9H,2-5,8H2,1H3;1H/t6-,7+;/m1./s1. The van der Waals surface area contributed by atoms with Gasteiger partial charge in [0.1, 0.15) is 0 Å². The normalized spacial score (nSPS) is 40.5. The summed E-state index contributed by atoms with van der Waals surface area (Å²) in [6, 6.07) is 0.230. The van der Waals surface area contributed by atoms with Crippen molar-refractivity contribution in [2.75, 3.05) is 0 Å². The maximum absolute atomic E-state index is 9.46. The Hall–Kier alpha value is 0.210. The minimum absolute atomic E-state index is 0. The summed E-state index contributed by atoms with van der Waals surface area (Å²) in [6.07, 6.45) is 3.85. The van der Waals surface area contributed by atoms with Crippen LogP contribution < -0.4 is 5.73 Å². The van der Waals surface area contributed by atoms with Crippen molar-refractivity contribution < 1.29 is 5.11 Å². The van der Waals surface area contributed by atoms with Gasteiger partial charge in [0.05, 0.1) is 5.60 Å². The highest BCUT2D eigenvalue weighted by Gasteiger charge is 2.27. The van der Waals surface area contributed by atoms with Crippen molar-refractivity contribution >= 4 is 12.4 Å². The van der Waals surface area contributed by atoms with Crippen LogP contribution in [0.2, 0.25) is 0 Å². The summed E-state index contributed by atoms with van der Waals surface area (Å²) in [4.78, 5) is 0. The van der Waals surface area contributed by atoms with Crippen LogP contribution in [0.15, 0.2) is 0 Å². The average Bonchev–Trinajstić information content (AvgIpc) is 1.60. The Kier molecular flexibility index (Phi) is 3.63. The fourth-order valence-corrected chi connectivity index (χ4v) is 1.51. The minimum atomic E-state index is -0.475. The van der Waals surface area contributed by atoms with Crippen LogP contribution >= 0.6 is 12.4 Å². The molecule has 62 valence electrons. The molecule has 0 spiro atoms. The third kappa shape index (κ3) is 2.86. The molecule has 3 heteroatoms. The maximum Gasteiger partial charge on any atom is 0.0634 e. The zero-order chi connectivity index (χ0) is 6.91. The molecule has 0 saturated heterocycles. The molecule has 1 aliphatic carbocycles. The monoisotopic (exact) mass is 165 g/mol. The second-order valence-electron chi connectivity index (χ2n) is 3.35. The molecular formula is C7H16ClNO. The molecule has 0 bridgehead atoms. The Bertz CT molecular complexity index is 106. The number of rotatable bonds is 0. The van der Waals surface area contributed by atoms with Gasteiger partial charge in [0, 0.05) is 6.04 Å². The zero-order valence-corrected chi connectivity index (χ0v) is 7.16. The van der Waals surface area contributed by atoms with E-state index in [1.54, 1.807) is 0 Å². The topological polar surface area (TPSA) is 46.2 Å². The van der Waals surface area contributed by atoms with Crippen molar-refractivity contribution in [3.8, 4) is 0 Å². The van der Waals surface area contributed by atoms with Crippen molar-refractivity contribution in [2.24, 2.45) is 5.73 Å². The minimum Gasteiger partial charge on any atom is -0.390 e. The van der Waals surface area contributed by atoms with Crippen molar-refractivity contribution in [3.63, 3.8) is 0 Å². The first-order valence-corrected chi connectivity index (χ1v) is 3.58. The third-order valence-electron chi connectivity index (χ3n) is 1.99. The average molecular weight is 166 g/mol. The fourth-order valence-electron chi connectivity index (χ4n) is 1.51. The van der Waals surface area contributed by atoms with Gasteiger partial charge in [0.15, 0.2) is 0 Å². The quantitative estimate of drug-likeness (QED) is 0.564. The van der Waals surface area contributed by atoms with Gasteiger partial charge in [-0.15, -0.1) is 12.4 Å². The summed E-state index contributed by atoms with van der Waals surface area (Å²) in [5.74, 6) is 0. The van der Waals surface area contributed by atoms with Crippen LogP contribution in [0, 0.1) is 0 Å². The van der Waals surface area contributed by atoms with Gasteiger partial charge in [-0.3, -0.25) is 0 Å². The highest BCUT2D eigenvalue weighted by molar-refractivity contribution is 5.85. The van der Waals surface area contributed by atoms with Gasteiger partial charge in [0.25, 0.3) is 0 Å². The van der Waals surface area contributed by atoms with Crippen LogP contribution in [0.4, 0.5) is 0 Å². The molecule has 2 atom stereocenters. The molecule has 0 heterocycles. The van der Waals surface area contributed by atoms with Crippen LogP contribution in [0.25, 0.3) is 0 Å². The Morgan fingerprint density at radius 3 is 2.50 bits per heavy atom. The third-order valence-corrected chi connectivity index (χ3v) is 1.99. The van der Waals surface area contributed by atoms with E-state index in [1.165, 1.54) is 0 Å². The van der Waals surface area contributed by atoms with Crippen LogP contribution in [0.1, 0.15) is 32.6 Å². The zero-order valence-electron chi connectivity index (χ0n) is 6.34. The Balaban J connectivity index is 0.000000810. The predicted octanol–water partition coefficient (Wildman–Crippen LogP) is 1.06. The van der Waals surface area contributed by atoms with Crippen LogP contribution in [0.5, 0.6) is 0 Å². The molecule has 3 N–H and O–H groups in total. The summed E-state index contributed by atoms with van der Waals surface area (Å²) >= 11 is 0. The molecule has 0 unspecified atom stereocenters. The highest BCUT2D eigenvalue weighted by atomic mass is 35.5. The molecule has 1 rings (SSSR count). The Labute approximate surface area is 68.2 Å². The van der Waals surface area contributed by atoms with E-state index in [-0.39, 0.29) is 18.4 Å². The summed E-state index contributed by atoms with van der Waals surface area (Å²) in [5, 5.41) is 9.46. The van der Waals surface area contributed by atoms with E-state index in [0.717, 1.165) is 25.7 Å². The van der Waals surface area contributed by atoms with E-state index in [2.05, 4.69) is 0 Å². The Morgan fingerprint density at radius 1 is 1.60 bits per heavy atom. The molecule has 0 aromatic rings. The van der Waals surface area contributed by atoms with E-state index in [4.69, 9.17) is 5.73 Å². The van der Waals surface area contributed by atoms with E-state index >= 15 is 0 Å². The number of hydrogen-bond donors (Lipinski definition) is 2. The molecule has 2 nitrogen and oxygen atoms in total. The van der Waals surface area contributed by atoms with E-state index in [1.807, 2.05) is 6.92 Å². The lowest BCUT2D eigenvalue weighted by atomic mass is 9.84. The molecule has 0 aromatic carbocycles. The molecular weight excluding hydrogens is 150 g/mol. The molecule has 0 radical (unpaired) electrons. The van der Waals surface area contributed by atoms with E-state index in [0.29, 0.717) is 0 Å². The van der Waals surface area contributed by atoms with Gasteiger partial charge in [-0.05, 0) is 32.6 Å². The molecule has 0 aromatic heterocycles. The molecule has 1 saturated carbocycles. The van der Waals surface area contributed by atoms with E-state index < -0.39 is 5.60 Å². The van der Waals surface area contributed by atoms with Crippen molar-refractivity contribution in [2.45, 2.75) is 44.2 Å². The summed E-state index contributed by atoms with van der Waals surface area (Å²) < 4.78 is 0. The summed E-state index contributed by atoms with van der Waals surface area (Å²) in [7, 11) is 0. The Morgan fingerprint density at radius 2 is 2.20 bits per heavy atom. The summed E-state index contributed by atoms with van der Waals surface area (Å²) in [5.41, 5.74) is 5.18. The van der Waals surface area contributed by atoms with Crippen LogP contribution in [-0.2, 0) is 0 Å². The largest absolute Gasteiger partial charge is 0.390 e. The molecule has 0 amide bonds. The maximum atomic E-state index is 9.46. The summed E-state index contributed by atoms with van der Waals surface area (Å²) in [6.45, 7) is 1.87. The SMILES string of the molecule is C[C@]1(O)CCC[C@@H](N)C1.Cl. The van der Waals surface area contributed by atoms with E-state index in [9.17, 15) is 5.11 Å². The van der Waals surface area contributed by atoms with Gasteiger partial charge in [-0.25, -0.2) is 0 Å². The number of hydrogen-bond acceptors (Lipinski definition) is 2. The number of aliphatic hydroxyl groups is 1. The lowest BCUT2D eigenvalue weighted by molar-refractivity contribution is 0.0156. The van der Waals surface area contributed by atoms with Gasteiger partial charge in [0.2, 0.25) is 0 Å². The number of halogens is 1. The van der Waals surface area contributed by atoms with Crippen LogP contribution in [-0.4, -0.2) is 16.7 Å². The highest BCUT2D eigenvalue weighted by Crippen LogP contribution is 2.26. The fraction of sp³-hybridized carbons (Fsp3) is 1.00. The number of nitrogens with two attached hydrogens (primary N) is 1. The van der Waals surface area contributed by atoms with Crippen LogP contribution in [0.3, 0.4) is 0 Å². The first-order valence-electron chi connectivity index (χ1n) is 3.58. The second kappa shape index (κ2) is 3.56. The van der Waals surface area contributed by atoms with Gasteiger partial charge < -0.3 is 10.8 Å². The van der Waals surface area contributed by atoms with Crippen molar-refractivity contribution in [1.82, 2.24) is 0 Å². The molecule has 1 aliphatic rings. The lowest BCUT2D eigenvalue weighted by Crippen LogP contribution is -2.38. The van der Waals surface area contributed by atoms with Gasteiger partial charge in [-0.1, -0.05) is 0 Å². The van der Waals surface area contributed by atoms with Gasteiger partial charge >= 0.3 is 0 Å². The van der Waals surface area contributed by atoms with Crippen molar-refractivity contribution in [1.29, 1.82) is 0 Å². The lowest BCUT2D eigenvalue weighted by Gasteiger charge is -2.31. The first-order chi connectivity index (χ1) is 4.10.